The van der Waals surface area contributed by atoms with E-state index in [1.165, 1.54) is 4.40 Å². The third kappa shape index (κ3) is 4.77. The van der Waals surface area contributed by atoms with Crippen LogP contribution in [0.1, 0.15) is 69.1 Å². The Morgan fingerprint density at radius 3 is 1.88 bits per heavy atom. The number of rotatable bonds is 8. The number of pyridine rings is 1. The van der Waals surface area contributed by atoms with Crippen LogP contribution in [0.4, 0.5) is 0 Å². The molecule has 3 aromatic rings. The SMILES string of the molecule is CCCS(=O)(=O)c1c(S(=O)(=O)CCC)c2ccc(C(C)(C)C)cn2c1C(=O)c1ccccc1. The van der Waals surface area contributed by atoms with E-state index in [0.29, 0.717) is 18.4 Å². The number of benzene rings is 1. The molecule has 0 amide bonds. The maximum Gasteiger partial charge on any atom is 0.211 e. The summed E-state index contributed by atoms with van der Waals surface area (Å²) in [6.45, 7) is 9.44. The van der Waals surface area contributed by atoms with Crippen molar-refractivity contribution < 1.29 is 21.6 Å². The summed E-state index contributed by atoms with van der Waals surface area (Å²) in [6.07, 6.45) is 2.32. The summed E-state index contributed by atoms with van der Waals surface area (Å²) in [5.41, 5.74) is 0.948. The van der Waals surface area contributed by atoms with Gasteiger partial charge in [0.25, 0.3) is 0 Å². The fourth-order valence-electron chi connectivity index (χ4n) is 3.92. The standard InChI is InChI=1S/C25H31NO5S2/c1-6-15-32(28,29)23-20-14-13-19(25(3,4)5)17-26(20)21(24(23)33(30,31)16-7-2)22(27)18-11-9-8-10-12-18/h8-14,17H,6-7,15-16H2,1-5H3. The number of ketones is 1. The zero-order chi connectivity index (χ0) is 24.6. The molecule has 0 saturated carbocycles. The van der Waals surface area contributed by atoms with E-state index >= 15 is 0 Å². The topological polar surface area (TPSA) is 89.8 Å². The molecule has 0 saturated heterocycles. The quantitative estimate of drug-likeness (QED) is 0.423. The van der Waals surface area contributed by atoms with Crippen molar-refractivity contribution in [3.05, 3.63) is 65.5 Å². The van der Waals surface area contributed by atoms with E-state index in [4.69, 9.17) is 0 Å². The third-order valence-electron chi connectivity index (χ3n) is 5.53. The van der Waals surface area contributed by atoms with E-state index in [2.05, 4.69) is 0 Å². The summed E-state index contributed by atoms with van der Waals surface area (Å²) in [5, 5.41) is 0. The Labute approximate surface area is 196 Å². The van der Waals surface area contributed by atoms with Crippen LogP contribution >= 0.6 is 0 Å². The predicted molar refractivity (Wildman–Crippen MR) is 131 cm³/mol. The van der Waals surface area contributed by atoms with Crippen molar-refractivity contribution in [2.45, 2.75) is 62.7 Å². The van der Waals surface area contributed by atoms with Gasteiger partial charge in [0.05, 0.1) is 17.0 Å². The van der Waals surface area contributed by atoms with E-state index in [1.807, 2.05) is 20.8 Å². The lowest BCUT2D eigenvalue weighted by Gasteiger charge is -2.19. The van der Waals surface area contributed by atoms with E-state index in [9.17, 15) is 21.6 Å². The van der Waals surface area contributed by atoms with E-state index in [0.717, 1.165) is 5.56 Å². The minimum atomic E-state index is -4.06. The summed E-state index contributed by atoms with van der Waals surface area (Å²) in [5.74, 6) is -0.981. The molecule has 178 valence electrons. The molecule has 0 radical (unpaired) electrons. The summed E-state index contributed by atoms with van der Waals surface area (Å²) in [6, 6.07) is 11.8. The van der Waals surface area contributed by atoms with E-state index in [-0.39, 0.29) is 37.9 Å². The molecule has 1 aromatic carbocycles. The van der Waals surface area contributed by atoms with Crippen molar-refractivity contribution in [3.8, 4) is 0 Å². The first-order valence-electron chi connectivity index (χ1n) is 11.1. The Morgan fingerprint density at radius 2 is 1.36 bits per heavy atom. The first kappa shape index (κ1) is 25.2. The molecule has 6 nitrogen and oxygen atoms in total. The lowest BCUT2D eigenvalue weighted by Crippen LogP contribution is -2.17. The lowest BCUT2D eigenvalue weighted by atomic mass is 9.88. The second kappa shape index (κ2) is 9.06. The average Bonchev–Trinajstić information content (AvgIpc) is 3.09. The van der Waals surface area contributed by atoms with Crippen LogP contribution in [0.25, 0.3) is 5.52 Å². The molecule has 2 aromatic heterocycles. The third-order valence-corrected chi connectivity index (χ3v) is 9.60. The Kier molecular flexibility index (Phi) is 6.92. The summed E-state index contributed by atoms with van der Waals surface area (Å²) >= 11 is 0. The number of aromatic nitrogens is 1. The summed E-state index contributed by atoms with van der Waals surface area (Å²) < 4.78 is 55.2. The highest BCUT2D eigenvalue weighted by Crippen LogP contribution is 2.37. The largest absolute Gasteiger partial charge is 0.311 e. The van der Waals surface area contributed by atoms with Gasteiger partial charge in [-0.1, -0.05) is 71.0 Å². The maximum absolute atomic E-state index is 13.7. The molecule has 8 heteroatoms. The minimum absolute atomic E-state index is 0.120. The highest BCUT2D eigenvalue weighted by atomic mass is 32.2. The number of nitrogens with zero attached hydrogens (tertiary/aromatic N) is 1. The van der Waals surface area contributed by atoms with Crippen molar-refractivity contribution in [2.75, 3.05) is 11.5 Å². The zero-order valence-electron chi connectivity index (χ0n) is 19.8. The van der Waals surface area contributed by atoms with Gasteiger partial charge < -0.3 is 4.40 Å². The number of fused-ring (bicyclic) bond motifs is 1. The van der Waals surface area contributed by atoms with Crippen LogP contribution in [0.5, 0.6) is 0 Å². The molecule has 3 rings (SSSR count). The fraction of sp³-hybridized carbons (Fsp3) is 0.400. The molecular formula is C25H31NO5S2. The molecule has 0 fully saturated rings. The zero-order valence-corrected chi connectivity index (χ0v) is 21.4. The van der Waals surface area contributed by atoms with Gasteiger partial charge in [0.2, 0.25) is 5.78 Å². The molecule has 0 atom stereocenters. The van der Waals surface area contributed by atoms with Crippen LogP contribution in [0.3, 0.4) is 0 Å². The van der Waals surface area contributed by atoms with Gasteiger partial charge in [0.1, 0.15) is 15.5 Å². The van der Waals surface area contributed by atoms with E-state index in [1.54, 1.807) is 62.5 Å². The van der Waals surface area contributed by atoms with Gasteiger partial charge in [0, 0.05) is 11.8 Å². The lowest BCUT2D eigenvalue weighted by molar-refractivity contribution is 0.103. The Morgan fingerprint density at radius 1 is 0.818 bits per heavy atom. The number of hydrogen-bond acceptors (Lipinski definition) is 5. The van der Waals surface area contributed by atoms with Crippen molar-refractivity contribution in [2.24, 2.45) is 0 Å². The first-order chi connectivity index (χ1) is 15.3. The van der Waals surface area contributed by atoms with Crippen LogP contribution in [-0.4, -0.2) is 38.5 Å². The van der Waals surface area contributed by atoms with Crippen molar-refractivity contribution in [1.82, 2.24) is 4.40 Å². The van der Waals surface area contributed by atoms with Gasteiger partial charge in [-0.2, -0.15) is 0 Å². The molecule has 0 bridgehead atoms. The van der Waals surface area contributed by atoms with Gasteiger partial charge in [-0.3, -0.25) is 4.79 Å². The Balaban J connectivity index is 2.58. The number of carbonyl (C=O) groups excluding carboxylic acids is 1. The number of carbonyl (C=O) groups is 1. The monoisotopic (exact) mass is 489 g/mol. The molecule has 33 heavy (non-hydrogen) atoms. The smallest absolute Gasteiger partial charge is 0.211 e. The van der Waals surface area contributed by atoms with Crippen LogP contribution in [0.15, 0.2) is 58.5 Å². The maximum atomic E-state index is 13.7. The van der Waals surface area contributed by atoms with Gasteiger partial charge >= 0.3 is 0 Å². The molecule has 0 aliphatic rings. The van der Waals surface area contributed by atoms with Gasteiger partial charge in [0.15, 0.2) is 19.7 Å². The molecule has 0 aliphatic heterocycles. The van der Waals surface area contributed by atoms with Crippen molar-refractivity contribution in [3.63, 3.8) is 0 Å². The molecular weight excluding hydrogens is 458 g/mol. The predicted octanol–water partition coefficient (Wildman–Crippen LogP) is 4.84. The Bertz CT molecular complexity index is 1390. The summed E-state index contributed by atoms with van der Waals surface area (Å²) in [4.78, 5) is 13.1. The fourth-order valence-corrected chi connectivity index (χ4v) is 7.90. The highest BCUT2D eigenvalue weighted by molar-refractivity contribution is 7.94. The van der Waals surface area contributed by atoms with Crippen LogP contribution in [-0.2, 0) is 25.1 Å². The second-order valence-electron chi connectivity index (χ2n) is 9.26. The molecule has 2 heterocycles. The molecule has 0 spiro atoms. The molecule has 0 aliphatic carbocycles. The molecule has 0 unspecified atom stereocenters. The second-order valence-corrected chi connectivity index (χ2v) is 13.4. The number of hydrogen-bond donors (Lipinski definition) is 0. The van der Waals surface area contributed by atoms with Crippen molar-refractivity contribution >= 4 is 31.0 Å². The molecule has 0 N–H and O–H groups in total. The first-order valence-corrected chi connectivity index (χ1v) is 14.4. The summed E-state index contributed by atoms with van der Waals surface area (Å²) in [7, 11) is -8.02. The van der Waals surface area contributed by atoms with Crippen molar-refractivity contribution in [1.29, 1.82) is 0 Å². The van der Waals surface area contributed by atoms with E-state index < -0.39 is 25.5 Å². The van der Waals surface area contributed by atoms with Crippen LogP contribution in [0, 0.1) is 0 Å². The van der Waals surface area contributed by atoms with Gasteiger partial charge in [-0.15, -0.1) is 0 Å². The minimum Gasteiger partial charge on any atom is -0.311 e. The number of sulfone groups is 2. The Hall–Kier alpha value is -2.45. The van der Waals surface area contributed by atoms with Crippen LogP contribution in [0.2, 0.25) is 0 Å². The van der Waals surface area contributed by atoms with Gasteiger partial charge in [-0.25, -0.2) is 16.8 Å². The van der Waals surface area contributed by atoms with Gasteiger partial charge in [-0.05, 0) is 29.9 Å². The highest BCUT2D eigenvalue weighted by Gasteiger charge is 2.37. The van der Waals surface area contributed by atoms with Crippen LogP contribution < -0.4 is 0 Å². The normalized spacial score (nSPS) is 12.9. The average molecular weight is 490 g/mol.